The number of hydrogen-bond donors (Lipinski definition) is 1. The van der Waals surface area contributed by atoms with Gasteiger partial charge in [-0.3, -0.25) is 4.90 Å². The molecule has 1 saturated heterocycles. The SMILES string of the molecule is CC(C)(C)OC(=O)N1CCOCC1C(O)Cc1cccc(Br)c1. The molecule has 6 heteroatoms. The van der Waals surface area contributed by atoms with E-state index < -0.39 is 23.8 Å². The maximum absolute atomic E-state index is 12.4. The molecule has 0 bridgehead atoms. The van der Waals surface area contributed by atoms with Gasteiger partial charge in [-0.1, -0.05) is 28.1 Å². The van der Waals surface area contributed by atoms with Crippen molar-refractivity contribution >= 4 is 22.0 Å². The monoisotopic (exact) mass is 385 g/mol. The summed E-state index contributed by atoms with van der Waals surface area (Å²) in [5.41, 5.74) is 0.441. The van der Waals surface area contributed by atoms with Crippen molar-refractivity contribution in [3.63, 3.8) is 0 Å². The average Bonchev–Trinajstić information content (AvgIpc) is 2.45. The molecule has 1 amide bonds. The quantitative estimate of drug-likeness (QED) is 0.868. The Morgan fingerprint density at radius 2 is 2.26 bits per heavy atom. The van der Waals surface area contributed by atoms with Crippen LogP contribution in [0.25, 0.3) is 0 Å². The number of nitrogens with zero attached hydrogens (tertiary/aromatic N) is 1. The molecule has 1 aromatic rings. The lowest BCUT2D eigenvalue weighted by Crippen LogP contribution is -2.55. The summed E-state index contributed by atoms with van der Waals surface area (Å²) in [7, 11) is 0. The van der Waals surface area contributed by atoms with Crippen LogP contribution >= 0.6 is 15.9 Å². The average molecular weight is 386 g/mol. The minimum absolute atomic E-state index is 0.314. The van der Waals surface area contributed by atoms with Gasteiger partial charge in [0.1, 0.15) is 5.60 Å². The van der Waals surface area contributed by atoms with Crippen LogP contribution in [0.1, 0.15) is 26.3 Å². The summed E-state index contributed by atoms with van der Waals surface area (Å²) < 4.78 is 11.9. The van der Waals surface area contributed by atoms with Gasteiger partial charge in [-0.25, -0.2) is 4.79 Å². The molecule has 2 atom stereocenters. The third-order valence-electron chi connectivity index (χ3n) is 3.57. The molecule has 1 heterocycles. The predicted molar refractivity (Wildman–Crippen MR) is 91.4 cm³/mol. The lowest BCUT2D eigenvalue weighted by molar-refractivity contribution is -0.0660. The number of carbonyl (C=O) groups is 1. The van der Waals surface area contributed by atoms with E-state index in [2.05, 4.69) is 15.9 Å². The number of ether oxygens (including phenoxy) is 2. The van der Waals surface area contributed by atoms with E-state index in [1.807, 2.05) is 45.0 Å². The van der Waals surface area contributed by atoms with E-state index in [-0.39, 0.29) is 0 Å². The van der Waals surface area contributed by atoms with E-state index >= 15 is 0 Å². The summed E-state index contributed by atoms with van der Waals surface area (Å²) >= 11 is 3.43. The Morgan fingerprint density at radius 1 is 1.52 bits per heavy atom. The van der Waals surface area contributed by atoms with Crippen LogP contribution in [0.4, 0.5) is 4.79 Å². The summed E-state index contributed by atoms with van der Waals surface area (Å²) in [6.45, 7) is 6.69. The molecule has 0 aliphatic carbocycles. The number of morpholine rings is 1. The standard InChI is InChI=1S/C17H24BrNO4/c1-17(2,3)23-16(21)19-7-8-22-11-14(19)15(20)10-12-5-4-6-13(18)9-12/h4-6,9,14-15,20H,7-8,10-11H2,1-3H3. The first-order valence-electron chi connectivity index (χ1n) is 7.76. The highest BCUT2D eigenvalue weighted by Crippen LogP contribution is 2.20. The number of benzene rings is 1. The number of hydrogen-bond acceptors (Lipinski definition) is 4. The Morgan fingerprint density at radius 3 is 2.91 bits per heavy atom. The minimum atomic E-state index is -0.711. The van der Waals surface area contributed by atoms with Gasteiger partial charge >= 0.3 is 6.09 Å². The number of aliphatic hydroxyl groups excluding tert-OH is 1. The topological polar surface area (TPSA) is 59.0 Å². The van der Waals surface area contributed by atoms with Gasteiger partial charge in [-0.2, -0.15) is 0 Å². The number of halogens is 1. The minimum Gasteiger partial charge on any atom is -0.444 e. The van der Waals surface area contributed by atoms with E-state index in [1.165, 1.54) is 0 Å². The molecule has 2 unspecified atom stereocenters. The van der Waals surface area contributed by atoms with Crippen LogP contribution in [0.3, 0.4) is 0 Å². The molecule has 1 fully saturated rings. The van der Waals surface area contributed by atoms with Crippen molar-refractivity contribution in [2.75, 3.05) is 19.8 Å². The van der Waals surface area contributed by atoms with Crippen molar-refractivity contribution in [2.45, 2.75) is 44.9 Å². The molecule has 0 spiro atoms. The number of rotatable bonds is 3. The van der Waals surface area contributed by atoms with Crippen molar-refractivity contribution in [1.82, 2.24) is 4.90 Å². The molecule has 1 N–H and O–H groups in total. The molecule has 0 aromatic heterocycles. The van der Waals surface area contributed by atoms with Crippen molar-refractivity contribution in [3.8, 4) is 0 Å². The lowest BCUT2D eigenvalue weighted by Gasteiger charge is -2.38. The van der Waals surface area contributed by atoms with Crippen LogP contribution < -0.4 is 0 Å². The van der Waals surface area contributed by atoms with Crippen LogP contribution in [0.2, 0.25) is 0 Å². The van der Waals surface area contributed by atoms with Crippen molar-refractivity contribution in [1.29, 1.82) is 0 Å². The number of carbonyl (C=O) groups excluding carboxylic acids is 1. The zero-order valence-corrected chi connectivity index (χ0v) is 15.4. The fraction of sp³-hybridized carbons (Fsp3) is 0.588. The summed E-state index contributed by atoms with van der Waals surface area (Å²) in [4.78, 5) is 13.9. The summed E-state index contributed by atoms with van der Waals surface area (Å²) in [5, 5.41) is 10.6. The number of amides is 1. The molecule has 23 heavy (non-hydrogen) atoms. The van der Waals surface area contributed by atoms with Gasteiger partial charge in [0.25, 0.3) is 0 Å². The van der Waals surface area contributed by atoms with Gasteiger partial charge in [-0.15, -0.1) is 0 Å². The van der Waals surface area contributed by atoms with Crippen LogP contribution in [-0.2, 0) is 15.9 Å². The van der Waals surface area contributed by atoms with Crippen LogP contribution in [0, 0.1) is 0 Å². The molecule has 1 aromatic carbocycles. The fourth-order valence-electron chi connectivity index (χ4n) is 2.53. The van der Waals surface area contributed by atoms with E-state index in [1.54, 1.807) is 4.90 Å². The maximum Gasteiger partial charge on any atom is 0.410 e. The molecule has 1 aliphatic heterocycles. The van der Waals surface area contributed by atoms with E-state index in [9.17, 15) is 9.90 Å². The van der Waals surface area contributed by atoms with Crippen molar-refractivity contribution < 1.29 is 19.4 Å². The van der Waals surface area contributed by atoms with E-state index in [0.717, 1.165) is 10.0 Å². The zero-order chi connectivity index (χ0) is 17.0. The first kappa shape index (κ1) is 18.2. The van der Waals surface area contributed by atoms with Gasteiger partial charge in [0.15, 0.2) is 0 Å². The zero-order valence-electron chi connectivity index (χ0n) is 13.8. The highest BCUT2D eigenvalue weighted by molar-refractivity contribution is 9.10. The molecule has 2 rings (SSSR count). The molecule has 0 radical (unpaired) electrons. The Hall–Kier alpha value is -1.11. The van der Waals surface area contributed by atoms with Gasteiger partial charge in [-0.05, 0) is 38.5 Å². The smallest absolute Gasteiger partial charge is 0.410 e. The third kappa shape index (κ3) is 5.48. The van der Waals surface area contributed by atoms with Crippen molar-refractivity contribution in [2.24, 2.45) is 0 Å². The van der Waals surface area contributed by atoms with Crippen molar-refractivity contribution in [3.05, 3.63) is 34.3 Å². The molecule has 0 saturated carbocycles. The lowest BCUT2D eigenvalue weighted by atomic mass is 10.0. The van der Waals surface area contributed by atoms with Crippen LogP contribution in [0.5, 0.6) is 0 Å². The Balaban J connectivity index is 2.06. The summed E-state index contributed by atoms with van der Waals surface area (Å²) in [6, 6.07) is 7.37. The molecule has 5 nitrogen and oxygen atoms in total. The Kier molecular flexibility index (Phi) is 6.06. The molecule has 1 aliphatic rings. The fourth-order valence-corrected chi connectivity index (χ4v) is 2.98. The molecule has 128 valence electrons. The highest BCUT2D eigenvalue weighted by atomic mass is 79.9. The number of aliphatic hydroxyl groups is 1. The van der Waals surface area contributed by atoms with Crippen LogP contribution in [0.15, 0.2) is 28.7 Å². The second-order valence-corrected chi connectivity index (χ2v) is 7.63. The molecular weight excluding hydrogens is 362 g/mol. The third-order valence-corrected chi connectivity index (χ3v) is 4.06. The predicted octanol–water partition coefficient (Wildman–Crippen LogP) is 2.99. The van der Waals surface area contributed by atoms with Gasteiger partial charge in [0.2, 0.25) is 0 Å². The second-order valence-electron chi connectivity index (χ2n) is 6.72. The first-order chi connectivity index (χ1) is 10.8. The normalized spacial score (nSPS) is 20.2. The van der Waals surface area contributed by atoms with Gasteiger partial charge in [0, 0.05) is 17.4 Å². The maximum atomic E-state index is 12.4. The van der Waals surface area contributed by atoms with Gasteiger partial charge < -0.3 is 14.6 Å². The van der Waals surface area contributed by atoms with Crippen LogP contribution in [-0.4, -0.2) is 53.6 Å². The largest absolute Gasteiger partial charge is 0.444 e. The highest BCUT2D eigenvalue weighted by Gasteiger charge is 2.35. The van der Waals surface area contributed by atoms with E-state index in [0.29, 0.717) is 26.2 Å². The summed E-state index contributed by atoms with van der Waals surface area (Å²) in [5.74, 6) is 0. The Bertz CT molecular complexity index is 544. The van der Waals surface area contributed by atoms with E-state index in [4.69, 9.17) is 9.47 Å². The summed E-state index contributed by atoms with van der Waals surface area (Å²) in [6.07, 6.45) is -0.663. The Labute approximate surface area is 145 Å². The molecular formula is C17H24BrNO4. The first-order valence-corrected chi connectivity index (χ1v) is 8.55. The van der Waals surface area contributed by atoms with Gasteiger partial charge in [0.05, 0.1) is 25.4 Å². The second kappa shape index (κ2) is 7.64.